The van der Waals surface area contributed by atoms with E-state index in [1.54, 1.807) is 23.7 Å². The summed E-state index contributed by atoms with van der Waals surface area (Å²) in [4.78, 5) is 18.8. The molecule has 1 saturated carbocycles. The topological polar surface area (TPSA) is 80.5 Å². The van der Waals surface area contributed by atoms with Crippen LogP contribution in [-0.2, 0) is 11.3 Å². The average Bonchev–Trinajstić information content (AvgIpc) is 3.19. The number of hydrogen-bond donors (Lipinski definition) is 1. The Bertz CT molecular complexity index is 854. The molecular formula is C20H25FN4O3. The van der Waals surface area contributed by atoms with Crippen molar-refractivity contribution in [3.05, 3.63) is 41.7 Å². The minimum atomic E-state index is -0.596. The van der Waals surface area contributed by atoms with E-state index in [0.717, 1.165) is 5.82 Å². The normalized spacial score (nSPS) is 26.9. The summed E-state index contributed by atoms with van der Waals surface area (Å²) in [7, 11) is 0. The number of aliphatic hydroxyl groups excluding tert-OH is 1. The number of ether oxygens (including phenoxy) is 1. The van der Waals surface area contributed by atoms with Gasteiger partial charge in [-0.3, -0.25) is 4.79 Å². The zero-order valence-electron chi connectivity index (χ0n) is 16.1. The second kappa shape index (κ2) is 7.50. The molecule has 150 valence electrons. The molecular weight excluding hydrogens is 363 g/mol. The first-order valence-corrected chi connectivity index (χ1v) is 9.65. The third-order valence-electron chi connectivity index (χ3n) is 5.79. The number of carbonyl (C=O) groups is 1. The number of nitrogens with zero attached hydrogens (tertiary/aromatic N) is 4. The molecule has 0 spiro atoms. The molecule has 1 aliphatic carbocycles. The van der Waals surface area contributed by atoms with Crippen LogP contribution in [0.15, 0.2) is 24.3 Å². The molecule has 2 fully saturated rings. The van der Waals surface area contributed by atoms with Crippen LogP contribution >= 0.6 is 0 Å². The standard InChI is InChI=1S/C20H25FN4O3/c1-12-22-13(2)25(23-12)11-20(27)24-9-14-7-18(26)19(8-15(14)10-24)28-17-5-3-16(21)4-6-17/h3-6,14-15,18-19,26H,7-11H2,1-2H3/t14-,15+,18+,19+/m0/s1. The lowest BCUT2D eigenvalue weighted by atomic mass is 9.78. The molecule has 2 heterocycles. The number of benzene rings is 1. The molecule has 4 rings (SSSR count). The molecule has 1 aromatic carbocycles. The van der Waals surface area contributed by atoms with E-state index in [4.69, 9.17) is 4.74 Å². The summed E-state index contributed by atoms with van der Waals surface area (Å²) >= 11 is 0. The van der Waals surface area contributed by atoms with Gasteiger partial charge in [0.05, 0.1) is 6.10 Å². The van der Waals surface area contributed by atoms with E-state index in [1.165, 1.54) is 12.1 Å². The molecule has 8 heteroatoms. The minimum absolute atomic E-state index is 0.0212. The predicted molar refractivity (Wildman–Crippen MR) is 99.1 cm³/mol. The second-order valence-corrected chi connectivity index (χ2v) is 7.83. The Labute approximate surface area is 163 Å². The summed E-state index contributed by atoms with van der Waals surface area (Å²) in [6, 6.07) is 5.83. The molecule has 2 aromatic rings. The average molecular weight is 388 g/mol. The van der Waals surface area contributed by atoms with Crippen LogP contribution in [0, 0.1) is 31.5 Å². The van der Waals surface area contributed by atoms with Gasteiger partial charge in [-0.25, -0.2) is 14.1 Å². The SMILES string of the molecule is Cc1nc(C)n(CC(=O)N2C[C@H]3C[C@@H](Oc4ccc(F)cc4)[C@H](O)C[C@H]3C2)n1. The van der Waals surface area contributed by atoms with Crippen molar-refractivity contribution in [3.8, 4) is 5.75 Å². The molecule has 0 radical (unpaired) electrons. The van der Waals surface area contributed by atoms with Gasteiger partial charge in [-0.1, -0.05) is 0 Å². The molecule has 1 N–H and O–H groups in total. The Morgan fingerprint density at radius 2 is 1.89 bits per heavy atom. The summed E-state index contributed by atoms with van der Waals surface area (Å²) in [5, 5.41) is 14.8. The fraction of sp³-hybridized carbons (Fsp3) is 0.550. The van der Waals surface area contributed by atoms with Crippen LogP contribution in [0.2, 0.25) is 0 Å². The highest BCUT2D eigenvalue weighted by molar-refractivity contribution is 5.76. The van der Waals surface area contributed by atoms with Gasteiger partial charge in [0.25, 0.3) is 0 Å². The molecule has 28 heavy (non-hydrogen) atoms. The number of rotatable bonds is 4. The molecule has 1 saturated heterocycles. The van der Waals surface area contributed by atoms with E-state index in [9.17, 15) is 14.3 Å². The summed E-state index contributed by atoms with van der Waals surface area (Å²) in [6.45, 7) is 5.14. The van der Waals surface area contributed by atoms with E-state index in [-0.39, 0.29) is 36.2 Å². The van der Waals surface area contributed by atoms with Crippen molar-refractivity contribution in [1.29, 1.82) is 0 Å². The highest BCUT2D eigenvalue weighted by Crippen LogP contribution is 2.38. The number of halogens is 1. The smallest absolute Gasteiger partial charge is 0.244 e. The molecule has 2 aliphatic rings. The highest BCUT2D eigenvalue weighted by Gasteiger charge is 2.43. The van der Waals surface area contributed by atoms with Crippen molar-refractivity contribution in [1.82, 2.24) is 19.7 Å². The van der Waals surface area contributed by atoms with Crippen LogP contribution in [0.3, 0.4) is 0 Å². The van der Waals surface area contributed by atoms with Crippen molar-refractivity contribution in [2.24, 2.45) is 11.8 Å². The van der Waals surface area contributed by atoms with Gasteiger partial charge in [0.1, 0.15) is 35.9 Å². The number of carbonyl (C=O) groups excluding carboxylic acids is 1. The van der Waals surface area contributed by atoms with Crippen molar-refractivity contribution < 1.29 is 19.0 Å². The first-order chi connectivity index (χ1) is 13.4. The molecule has 0 bridgehead atoms. The number of aryl methyl sites for hydroxylation is 2. The number of fused-ring (bicyclic) bond motifs is 1. The van der Waals surface area contributed by atoms with Crippen molar-refractivity contribution in [2.75, 3.05) is 13.1 Å². The van der Waals surface area contributed by atoms with Crippen LogP contribution in [0.5, 0.6) is 5.75 Å². The van der Waals surface area contributed by atoms with Crippen LogP contribution in [-0.4, -0.2) is 56.0 Å². The zero-order valence-corrected chi connectivity index (χ0v) is 16.1. The van der Waals surface area contributed by atoms with Crippen molar-refractivity contribution >= 4 is 5.91 Å². The minimum Gasteiger partial charge on any atom is -0.488 e. The van der Waals surface area contributed by atoms with Crippen LogP contribution < -0.4 is 4.74 Å². The zero-order chi connectivity index (χ0) is 19.8. The maximum absolute atomic E-state index is 13.1. The Morgan fingerprint density at radius 3 is 2.54 bits per heavy atom. The summed E-state index contributed by atoms with van der Waals surface area (Å²) in [5.74, 6) is 2.19. The Kier molecular flexibility index (Phi) is 5.05. The largest absolute Gasteiger partial charge is 0.488 e. The monoisotopic (exact) mass is 388 g/mol. The molecule has 4 atom stereocenters. The third kappa shape index (κ3) is 3.87. The number of aromatic nitrogens is 3. The predicted octanol–water partition coefficient (Wildman–Crippen LogP) is 1.71. The first kappa shape index (κ1) is 18.9. The Balaban J connectivity index is 1.37. The molecule has 1 aromatic heterocycles. The summed E-state index contributed by atoms with van der Waals surface area (Å²) in [5.41, 5.74) is 0. The summed E-state index contributed by atoms with van der Waals surface area (Å²) in [6.07, 6.45) is 0.333. The van der Waals surface area contributed by atoms with Crippen molar-refractivity contribution in [3.63, 3.8) is 0 Å². The first-order valence-electron chi connectivity index (χ1n) is 9.65. The molecule has 0 unspecified atom stereocenters. The highest BCUT2D eigenvalue weighted by atomic mass is 19.1. The second-order valence-electron chi connectivity index (χ2n) is 7.83. The van der Waals surface area contributed by atoms with Gasteiger partial charge in [0.15, 0.2) is 0 Å². The lowest BCUT2D eigenvalue weighted by molar-refractivity contribution is -0.131. The maximum Gasteiger partial charge on any atom is 0.244 e. The number of hydrogen-bond acceptors (Lipinski definition) is 5. The lowest BCUT2D eigenvalue weighted by Crippen LogP contribution is -2.42. The third-order valence-corrected chi connectivity index (χ3v) is 5.79. The lowest BCUT2D eigenvalue weighted by Gasteiger charge is -2.35. The van der Waals surface area contributed by atoms with E-state index >= 15 is 0 Å². The number of aliphatic hydroxyl groups is 1. The van der Waals surface area contributed by atoms with Gasteiger partial charge >= 0.3 is 0 Å². The van der Waals surface area contributed by atoms with Crippen LogP contribution in [0.4, 0.5) is 4.39 Å². The summed E-state index contributed by atoms with van der Waals surface area (Å²) < 4.78 is 20.6. The van der Waals surface area contributed by atoms with E-state index in [0.29, 0.717) is 37.5 Å². The Morgan fingerprint density at radius 1 is 1.21 bits per heavy atom. The van der Waals surface area contributed by atoms with Gasteiger partial charge in [-0.15, -0.1) is 0 Å². The van der Waals surface area contributed by atoms with Gasteiger partial charge in [-0.05, 0) is 62.8 Å². The van der Waals surface area contributed by atoms with Gasteiger partial charge in [0, 0.05) is 13.1 Å². The van der Waals surface area contributed by atoms with E-state index in [2.05, 4.69) is 10.1 Å². The molecule has 1 amide bonds. The van der Waals surface area contributed by atoms with Crippen LogP contribution in [0.25, 0.3) is 0 Å². The van der Waals surface area contributed by atoms with Gasteiger partial charge in [-0.2, -0.15) is 5.10 Å². The molecule has 1 aliphatic heterocycles. The van der Waals surface area contributed by atoms with Crippen LogP contribution in [0.1, 0.15) is 24.5 Å². The quantitative estimate of drug-likeness (QED) is 0.863. The van der Waals surface area contributed by atoms with Gasteiger partial charge in [0.2, 0.25) is 5.91 Å². The molecule has 7 nitrogen and oxygen atoms in total. The maximum atomic E-state index is 13.1. The number of amides is 1. The fourth-order valence-electron chi connectivity index (χ4n) is 4.35. The van der Waals surface area contributed by atoms with E-state index in [1.807, 2.05) is 11.8 Å². The van der Waals surface area contributed by atoms with E-state index < -0.39 is 6.10 Å². The number of likely N-dealkylation sites (tertiary alicyclic amines) is 1. The van der Waals surface area contributed by atoms with Crippen molar-refractivity contribution in [2.45, 2.75) is 45.4 Å². The Hall–Kier alpha value is -2.48. The van der Waals surface area contributed by atoms with Gasteiger partial charge < -0.3 is 14.7 Å². The fourth-order valence-corrected chi connectivity index (χ4v) is 4.35.